The van der Waals surface area contributed by atoms with E-state index in [1.54, 1.807) is 23.5 Å². The van der Waals surface area contributed by atoms with Gasteiger partial charge in [-0.3, -0.25) is 10.1 Å². The van der Waals surface area contributed by atoms with Crippen LogP contribution >= 0.6 is 23.1 Å². The maximum absolute atomic E-state index is 12.4. The maximum atomic E-state index is 12.4. The summed E-state index contributed by atoms with van der Waals surface area (Å²) in [5.74, 6) is -0.847. The summed E-state index contributed by atoms with van der Waals surface area (Å²) in [4.78, 5) is 39.6. The molecule has 1 aromatic heterocycles. The Bertz CT molecular complexity index is 806. The number of carbonyl (C=O) groups excluding carboxylic acids is 3. The quantitative estimate of drug-likeness (QED) is 0.594. The SMILES string of the molecule is COC(=O)NC(=O)[C@H](C)OC(=O)c1ccccc1CSc1nc(C)cs1. The minimum absolute atomic E-state index is 0.367. The third-order valence-electron chi connectivity index (χ3n) is 3.25. The van der Waals surface area contributed by atoms with E-state index in [1.807, 2.05) is 29.8 Å². The minimum atomic E-state index is -1.14. The summed E-state index contributed by atoms with van der Waals surface area (Å²) in [7, 11) is 1.14. The standard InChI is InChI=1S/C17H18N2O5S2/c1-10-8-25-17(18-10)26-9-12-6-4-5-7-13(12)15(21)24-11(2)14(20)19-16(22)23-3/h4-8,11H,9H2,1-3H3,(H,19,20,22)/t11-/m0/s1. The van der Waals surface area contributed by atoms with E-state index in [-0.39, 0.29) is 0 Å². The summed E-state index contributed by atoms with van der Waals surface area (Å²) in [6.07, 6.45) is -2.04. The van der Waals surface area contributed by atoms with E-state index in [4.69, 9.17) is 4.74 Å². The van der Waals surface area contributed by atoms with E-state index in [0.717, 1.165) is 22.7 Å². The van der Waals surface area contributed by atoms with Crippen LogP contribution in [-0.4, -0.2) is 36.2 Å². The molecule has 1 N–H and O–H groups in total. The van der Waals surface area contributed by atoms with Crippen molar-refractivity contribution in [2.75, 3.05) is 7.11 Å². The second kappa shape index (κ2) is 9.35. The summed E-state index contributed by atoms with van der Waals surface area (Å²) in [6.45, 7) is 3.30. The smallest absolute Gasteiger partial charge is 0.413 e. The number of rotatable bonds is 6. The molecule has 2 amide bonds. The Morgan fingerprint density at radius 2 is 2.04 bits per heavy atom. The molecule has 0 saturated heterocycles. The van der Waals surface area contributed by atoms with Crippen LogP contribution in [0.5, 0.6) is 0 Å². The lowest BCUT2D eigenvalue weighted by molar-refractivity contribution is -0.128. The summed E-state index contributed by atoms with van der Waals surface area (Å²) >= 11 is 3.07. The van der Waals surface area contributed by atoms with Gasteiger partial charge in [0, 0.05) is 16.8 Å². The summed E-state index contributed by atoms with van der Waals surface area (Å²) in [6, 6.07) is 7.00. The molecule has 0 fully saturated rings. The first-order chi connectivity index (χ1) is 12.4. The third-order valence-corrected chi connectivity index (χ3v) is 5.44. The van der Waals surface area contributed by atoms with Crippen molar-refractivity contribution in [3.05, 3.63) is 46.5 Å². The number of benzene rings is 1. The van der Waals surface area contributed by atoms with Gasteiger partial charge in [-0.1, -0.05) is 30.0 Å². The van der Waals surface area contributed by atoms with Gasteiger partial charge in [0.25, 0.3) is 5.91 Å². The molecule has 138 valence electrons. The molecule has 2 rings (SSSR count). The van der Waals surface area contributed by atoms with Gasteiger partial charge in [0.15, 0.2) is 6.10 Å². The lowest BCUT2D eigenvalue weighted by Crippen LogP contribution is -2.39. The predicted octanol–water partition coefficient (Wildman–Crippen LogP) is 3.17. The van der Waals surface area contributed by atoms with Crippen LogP contribution in [0.25, 0.3) is 0 Å². The molecule has 0 aliphatic rings. The number of amides is 2. The number of imide groups is 1. The maximum Gasteiger partial charge on any atom is 0.413 e. The Labute approximate surface area is 159 Å². The normalized spacial score (nSPS) is 11.5. The summed E-state index contributed by atoms with van der Waals surface area (Å²) in [5.41, 5.74) is 2.09. The zero-order valence-electron chi connectivity index (χ0n) is 14.5. The molecule has 0 spiro atoms. The zero-order chi connectivity index (χ0) is 19.1. The van der Waals surface area contributed by atoms with Gasteiger partial charge in [0.2, 0.25) is 0 Å². The molecule has 7 nitrogen and oxygen atoms in total. The van der Waals surface area contributed by atoms with Crippen molar-refractivity contribution in [1.29, 1.82) is 0 Å². The minimum Gasteiger partial charge on any atom is -0.453 e. The lowest BCUT2D eigenvalue weighted by Gasteiger charge is -2.14. The fourth-order valence-corrected chi connectivity index (χ4v) is 3.77. The molecule has 0 aliphatic carbocycles. The number of alkyl carbamates (subject to hydrolysis) is 1. The highest BCUT2D eigenvalue weighted by Crippen LogP contribution is 2.27. The molecule has 1 aromatic carbocycles. The first kappa shape index (κ1) is 19.9. The van der Waals surface area contributed by atoms with E-state index in [1.165, 1.54) is 18.7 Å². The van der Waals surface area contributed by atoms with Crippen molar-refractivity contribution < 1.29 is 23.9 Å². The van der Waals surface area contributed by atoms with Crippen LogP contribution in [0.15, 0.2) is 34.0 Å². The van der Waals surface area contributed by atoms with Gasteiger partial charge < -0.3 is 9.47 Å². The molecule has 1 atom stereocenters. The number of thiazole rings is 1. The Hall–Kier alpha value is -2.39. The highest BCUT2D eigenvalue weighted by Gasteiger charge is 2.22. The van der Waals surface area contributed by atoms with E-state index in [2.05, 4.69) is 9.72 Å². The van der Waals surface area contributed by atoms with Gasteiger partial charge in [-0.25, -0.2) is 14.6 Å². The topological polar surface area (TPSA) is 94.6 Å². The molecule has 26 heavy (non-hydrogen) atoms. The van der Waals surface area contributed by atoms with Crippen LogP contribution < -0.4 is 5.32 Å². The number of aromatic nitrogens is 1. The number of esters is 1. The second-order valence-corrected chi connectivity index (χ2v) is 7.31. The van der Waals surface area contributed by atoms with Crippen LogP contribution in [-0.2, 0) is 20.0 Å². The number of ether oxygens (including phenoxy) is 2. The van der Waals surface area contributed by atoms with Crippen LogP contribution in [0.1, 0.15) is 28.5 Å². The number of nitrogens with zero attached hydrogens (tertiary/aromatic N) is 1. The molecule has 0 bridgehead atoms. The Morgan fingerprint density at radius 3 is 2.69 bits per heavy atom. The Balaban J connectivity index is 2.02. The Morgan fingerprint density at radius 1 is 1.31 bits per heavy atom. The van der Waals surface area contributed by atoms with Crippen LogP contribution in [0.4, 0.5) is 4.79 Å². The number of thioether (sulfide) groups is 1. The number of nitrogens with one attached hydrogen (secondary N) is 1. The van der Waals surface area contributed by atoms with Gasteiger partial charge in [-0.2, -0.15) is 0 Å². The number of methoxy groups -OCH3 is 1. The molecule has 0 radical (unpaired) electrons. The van der Waals surface area contributed by atoms with Gasteiger partial charge in [0.05, 0.1) is 12.7 Å². The molecule has 0 saturated carbocycles. The molecule has 1 heterocycles. The van der Waals surface area contributed by atoms with Crippen LogP contribution in [0.3, 0.4) is 0 Å². The van der Waals surface area contributed by atoms with Gasteiger partial charge >= 0.3 is 12.1 Å². The van der Waals surface area contributed by atoms with Crippen molar-refractivity contribution in [2.45, 2.75) is 30.0 Å². The Kier molecular flexibility index (Phi) is 7.16. The van der Waals surface area contributed by atoms with Crippen molar-refractivity contribution in [3.63, 3.8) is 0 Å². The monoisotopic (exact) mass is 394 g/mol. The predicted molar refractivity (Wildman–Crippen MR) is 98.3 cm³/mol. The van der Waals surface area contributed by atoms with E-state index in [0.29, 0.717) is 11.3 Å². The van der Waals surface area contributed by atoms with Gasteiger partial charge in [-0.15, -0.1) is 11.3 Å². The first-order valence-electron chi connectivity index (χ1n) is 7.63. The third kappa shape index (κ3) is 5.57. The van der Waals surface area contributed by atoms with Gasteiger partial charge in [0.1, 0.15) is 4.34 Å². The molecule has 0 unspecified atom stereocenters. The summed E-state index contributed by atoms with van der Waals surface area (Å²) < 4.78 is 10.4. The average molecular weight is 394 g/mol. The van der Waals surface area contributed by atoms with Gasteiger partial charge in [-0.05, 0) is 25.5 Å². The number of aryl methyl sites for hydroxylation is 1. The van der Waals surface area contributed by atoms with Crippen molar-refractivity contribution in [1.82, 2.24) is 10.3 Å². The number of hydrogen-bond acceptors (Lipinski definition) is 8. The second-order valence-electron chi connectivity index (χ2n) is 5.23. The fourth-order valence-electron chi connectivity index (χ4n) is 1.91. The summed E-state index contributed by atoms with van der Waals surface area (Å²) in [5, 5.41) is 3.92. The molecule has 0 aliphatic heterocycles. The fraction of sp³-hybridized carbons (Fsp3) is 0.294. The largest absolute Gasteiger partial charge is 0.453 e. The van der Waals surface area contributed by atoms with E-state index >= 15 is 0 Å². The molecule has 9 heteroatoms. The number of hydrogen-bond donors (Lipinski definition) is 1. The van der Waals surface area contributed by atoms with Crippen LogP contribution in [0.2, 0.25) is 0 Å². The molecular weight excluding hydrogens is 376 g/mol. The van der Waals surface area contributed by atoms with E-state index in [9.17, 15) is 14.4 Å². The highest BCUT2D eigenvalue weighted by atomic mass is 32.2. The van der Waals surface area contributed by atoms with Crippen molar-refractivity contribution in [2.24, 2.45) is 0 Å². The highest BCUT2D eigenvalue weighted by molar-refractivity contribution is 8.00. The van der Waals surface area contributed by atoms with Crippen molar-refractivity contribution in [3.8, 4) is 0 Å². The van der Waals surface area contributed by atoms with Crippen molar-refractivity contribution >= 4 is 41.1 Å². The molecule has 2 aromatic rings. The zero-order valence-corrected chi connectivity index (χ0v) is 16.1. The lowest BCUT2D eigenvalue weighted by atomic mass is 10.1. The van der Waals surface area contributed by atoms with Crippen LogP contribution in [0, 0.1) is 6.92 Å². The first-order valence-corrected chi connectivity index (χ1v) is 9.50. The number of carbonyl (C=O) groups is 3. The average Bonchev–Trinajstić information content (AvgIpc) is 3.05. The molecular formula is C17H18N2O5S2. The van der Waals surface area contributed by atoms with E-state index < -0.39 is 24.1 Å².